The number of nitrogens with zero attached hydrogens (tertiary/aromatic N) is 3. The van der Waals surface area contributed by atoms with Gasteiger partial charge < -0.3 is 26.8 Å². The zero-order chi connectivity index (χ0) is 19.8. The lowest BCUT2D eigenvalue weighted by Gasteiger charge is -2.08. The molecule has 0 aliphatic heterocycles. The first kappa shape index (κ1) is 19.9. The van der Waals surface area contributed by atoms with Crippen molar-refractivity contribution in [2.45, 2.75) is 13.0 Å². The molecule has 1 aromatic heterocycles. The Kier molecular flexibility index (Phi) is 6.92. The second-order valence-corrected chi connectivity index (χ2v) is 5.55. The van der Waals surface area contributed by atoms with Crippen molar-refractivity contribution in [1.82, 2.24) is 10.3 Å². The molecule has 0 aliphatic rings. The minimum Gasteiger partial charge on any atom is -0.423 e. The molecule has 142 valence electrons. The highest BCUT2D eigenvalue weighted by molar-refractivity contribution is 5.93. The van der Waals surface area contributed by atoms with E-state index in [1.54, 1.807) is 44.3 Å². The summed E-state index contributed by atoms with van der Waals surface area (Å²) in [5, 5.41) is 13.3. The third-order valence-electron chi connectivity index (χ3n) is 3.24. The van der Waals surface area contributed by atoms with Gasteiger partial charge in [-0.25, -0.2) is 4.98 Å². The van der Waals surface area contributed by atoms with Crippen molar-refractivity contribution in [3.05, 3.63) is 36.4 Å². The van der Waals surface area contributed by atoms with E-state index in [-0.39, 0.29) is 29.8 Å². The van der Waals surface area contributed by atoms with Crippen LogP contribution in [0.5, 0.6) is 5.75 Å². The Hall–Kier alpha value is -3.37. The predicted octanol–water partition coefficient (Wildman–Crippen LogP) is 1.49. The number of nitrogen functional groups attached to an aromatic ring is 1. The molecule has 1 amide bonds. The zero-order valence-electron chi connectivity index (χ0n) is 15.0. The summed E-state index contributed by atoms with van der Waals surface area (Å²) in [4.78, 5) is 27.3. The lowest BCUT2D eigenvalue weighted by Crippen LogP contribution is -2.32. The molecule has 2 rings (SSSR count). The van der Waals surface area contributed by atoms with Crippen molar-refractivity contribution < 1.29 is 14.3 Å². The molecule has 0 unspecified atom stereocenters. The molecule has 1 aromatic carbocycles. The fourth-order valence-electron chi connectivity index (χ4n) is 1.90. The molecule has 2 aromatic rings. The van der Waals surface area contributed by atoms with Gasteiger partial charge in [-0.15, -0.1) is 10.2 Å². The number of hydrogen-bond donors (Lipinski definition) is 4. The number of rotatable bonds is 7. The van der Waals surface area contributed by atoms with Gasteiger partial charge in [0.05, 0.1) is 12.6 Å². The number of carbonyl (C=O) groups is 2. The number of nitrogens with one attached hydrogen (secondary N) is 2. The molecule has 0 spiro atoms. The minimum absolute atomic E-state index is 0.0664. The zero-order valence-corrected chi connectivity index (χ0v) is 15.0. The van der Waals surface area contributed by atoms with Crippen LogP contribution in [0.1, 0.15) is 6.92 Å². The number of ether oxygens (including phenoxy) is 1. The average molecular weight is 371 g/mol. The van der Waals surface area contributed by atoms with Gasteiger partial charge in [0.1, 0.15) is 17.2 Å². The number of carbonyl (C=O) groups excluding carboxylic acids is 2. The highest BCUT2D eigenvalue weighted by atomic mass is 16.5. The second kappa shape index (κ2) is 9.36. The summed E-state index contributed by atoms with van der Waals surface area (Å²) in [7, 11) is 1.64. The molecule has 10 heteroatoms. The van der Waals surface area contributed by atoms with Gasteiger partial charge >= 0.3 is 5.97 Å². The van der Waals surface area contributed by atoms with Gasteiger partial charge in [-0.05, 0) is 38.2 Å². The molecule has 0 fully saturated rings. The molecule has 6 N–H and O–H groups in total. The van der Waals surface area contributed by atoms with Gasteiger partial charge in [0.25, 0.3) is 0 Å². The molecule has 0 saturated carbocycles. The van der Waals surface area contributed by atoms with Gasteiger partial charge in [0, 0.05) is 0 Å². The Morgan fingerprint density at radius 3 is 2.56 bits per heavy atom. The van der Waals surface area contributed by atoms with Crippen molar-refractivity contribution in [3.63, 3.8) is 0 Å². The van der Waals surface area contributed by atoms with Crippen molar-refractivity contribution in [2.24, 2.45) is 16.0 Å². The van der Waals surface area contributed by atoms with Crippen LogP contribution in [0.4, 0.5) is 23.0 Å². The van der Waals surface area contributed by atoms with Crippen molar-refractivity contribution in [1.29, 1.82) is 0 Å². The first-order chi connectivity index (χ1) is 12.9. The number of aromatic nitrogens is 1. The topological polar surface area (TPSA) is 157 Å². The number of benzene rings is 1. The Balaban J connectivity index is 2.16. The third-order valence-corrected chi connectivity index (χ3v) is 3.24. The lowest BCUT2D eigenvalue weighted by molar-refractivity contribution is -0.133. The van der Waals surface area contributed by atoms with E-state index in [0.29, 0.717) is 11.4 Å². The van der Waals surface area contributed by atoms with E-state index in [0.717, 1.165) is 0 Å². The van der Waals surface area contributed by atoms with Crippen LogP contribution in [0.15, 0.2) is 46.6 Å². The number of esters is 1. The van der Waals surface area contributed by atoms with Crippen LogP contribution < -0.4 is 26.8 Å². The molecule has 0 aliphatic carbocycles. The summed E-state index contributed by atoms with van der Waals surface area (Å²) in [6.45, 7) is 1.62. The summed E-state index contributed by atoms with van der Waals surface area (Å²) in [6.07, 6.45) is 0. The fraction of sp³-hybridized carbons (Fsp3) is 0.235. The molecule has 10 nitrogen and oxygen atoms in total. The fourth-order valence-corrected chi connectivity index (χ4v) is 1.90. The standard InChI is InChI=1S/C17H21N7O3/c1-10(18)17(26)22-14-8-7-12(16(19)21-14)24-23-11-5-3-4-6-13(11)27-15(25)9-20-2/h3-8,10,20H,9,18H2,1-2H3,(H3,19,21,22,26)/t10-/m0/s1. The maximum Gasteiger partial charge on any atom is 0.325 e. The number of para-hydroxylation sites is 1. The van der Waals surface area contributed by atoms with E-state index in [2.05, 4.69) is 25.8 Å². The first-order valence-electron chi connectivity index (χ1n) is 8.09. The summed E-state index contributed by atoms with van der Waals surface area (Å²) >= 11 is 0. The predicted molar refractivity (Wildman–Crippen MR) is 101 cm³/mol. The van der Waals surface area contributed by atoms with E-state index in [9.17, 15) is 9.59 Å². The monoisotopic (exact) mass is 371 g/mol. The van der Waals surface area contributed by atoms with Crippen LogP contribution in [0.3, 0.4) is 0 Å². The number of nitrogens with two attached hydrogens (primary N) is 2. The molecule has 0 radical (unpaired) electrons. The normalized spacial score (nSPS) is 12.0. The molecular formula is C17H21N7O3. The lowest BCUT2D eigenvalue weighted by atomic mass is 10.3. The Morgan fingerprint density at radius 1 is 1.19 bits per heavy atom. The van der Waals surface area contributed by atoms with Crippen LogP contribution in [0.2, 0.25) is 0 Å². The van der Waals surface area contributed by atoms with E-state index in [4.69, 9.17) is 16.2 Å². The minimum atomic E-state index is -0.672. The van der Waals surface area contributed by atoms with Gasteiger partial charge in [-0.2, -0.15) is 0 Å². The summed E-state index contributed by atoms with van der Waals surface area (Å²) in [6, 6.07) is 9.12. The third kappa shape index (κ3) is 5.83. The maximum absolute atomic E-state index is 11.6. The van der Waals surface area contributed by atoms with Crippen LogP contribution in [0, 0.1) is 0 Å². The molecule has 27 heavy (non-hydrogen) atoms. The van der Waals surface area contributed by atoms with E-state index < -0.39 is 12.0 Å². The number of likely N-dealkylation sites (N-methyl/N-ethyl adjacent to an activating group) is 1. The Morgan fingerprint density at radius 2 is 1.89 bits per heavy atom. The quantitative estimate of drug-likeness (QED) is 0.326. The summed E-state index contributed by atoms with van der Waals surface area (Å²) in [5.41, 5.74) is 12.0. The average Bonchev–Trinajstić information content (AvgIpc) is 2.62. The smallest absolute Gasteiger partial charge is 0.325 e. The van der Waals surface area contributed by atoms with E-state index in [1.165, 1.54) is 6.07 Å². The molecule has 0 bridgehead atoms. The molecule has 0 saturated heterocycles. The largest absolute Gasteiger partial charge is 0.423 e. The van der Waals surface area contributed by atoms with Gasteiger partial charge in [-0.1, -0.05) is 12.1 Å². The highest BCUT2D eigenvalue weighted by Gasteiger charge is 2.11. The Labute approximate surface area is 156 Å². The van der Waals surface area contributed by atoms with Crippen LogP contribution in [-0.4, -0.2) is 36.5 Å². The van der Waals surface area contributed by atoms with Crippen molar-refractivity contribution in [2.75, 3.05) is 24.6 Å². The summed E-state index contributed by atoms with van der Waals surface area (Å²) in [5.74, 6) is -0.223. The number of pyridine rings is 1. The number of anilines is 2. The van der Waals surface area contributed by atoms with Gasteiger partial charge in [-0.3, -0.25) is 9.59 Å². The SMILES string of the molecule is CNCC(=O)Oc1ccccc1N=Nc1ccc(NC(=O)[C@H](C)N)nc1N. The second-order valence-electron chi connectivity index (χ2n) is 5.55. The molecular weight excluding hydrogens is 350 g/mol. The van der Waals surface area contributed by atoms with E-state index >= 15 is 0 Å². The number of amides is 1. The van der Waals surface area contributed by atoms with Gasteiger partial charge in [0.15, 0.2) is 11.6 Å². The highest BCUT2D eigenvalue weighted by Crippen LogP contribution is 2.30. The number of azo groups is 1. The maximum atomic E-state index is 11.6. The van der Waals surface area contributed by atoms with Crippen LogP contribution in [-0.2, 0) is 9.59 Å². The van der Waals surface area contributed by atoms with E-state index in [1.807, 2.05) is 0 Å². The molecule has 1 heterocycles. The van der Waals surface area contributed by atoms with Gasteiger partial charge in [0.2, 0.25) is 5.91 Å². The van der Waals surface area contributed by atoms with Crippen molar-refractivity contribution >= 4 is 34.9 Å². The first-order valence-corrected chi connectivity index (χ1v) is 8.09. The number of hydrogen-bond acceptors (Lipinski definition) is 9. The molecule has 1 atom stereocenters. The Bertz CT molecular complexity index is 852. The van der Waals surface area contributed by atoms with Crippen molar-refractivity contribution in [3.8, 4) is 5.75 Å². The summed E-state index contributed by atoms with van der Waals surface area (Å²) < 4.78 is 5.23. The van der Waals surface area contributed by atoms with Crippen LogP contribution in [0.25, 0.3) is 0 Å². The van der Waals surface area contributed by atoms with Crippen LogP contribution >= 0.6 is 0 Å².